The number of benzene rings is 3. The summed E-state index contributed by atoms with van der Waals surface area (Å²) in [6.07, 6.45) is 0. The molecule has 1 amide bonds. The van der Waals surface area contributed by atoms with E-state index in [0.29, 0.717) is 11.5 Å². The molecule has 0 saturated carbocycles. The minimum Gasteiger partial charge on any atom is -0.497 e. The Labute approximate surface area is 195 Å². The van der Waals surface area contributed by atoms with Crippen molar-refractivity contribution in [2.75, 3.05) is 25.1 Å². The fourth-order valence-corrected chi connectivity index (χ4v) is 4.81. The lowest BCUT2D eigenvalue weighted by Gasteiger charge is -2.26. The summed E-state index contributed by atoms with van der Waals surface area (Å²) in [5.74, 6) is 0.287. The van der Waals surface area contributed by atoms with E-state index in [2.05, 4.69) is 5.32 Å². The van der Waals surface area contributed by atoms with Crippen molar-refractivity contribution < 1.29 is 22.7 Å². The molecule has 1 atom stereocenters. The zero-order chi connectivity index (χ0) is 24.0. The number of sulfonamides is 1. The van der Waals surface area contributed by atoms with Crippen LogP contribution < -0.4 is 19.1 Å². The van der Waals surface area contributed by atoms with Gasteiger partial charge in [0.2, 0.25) is 5.91 Å². The maximum Gasteiger partial charge on any atom is 0.264 e. The number of hydrogen-bond acceptors (Lipinski definition) is 5. The van der Waals surface area contributed by atoms with E-state index in [4.69, 9.17) is 9.47 Å². The Morgan fingerprint density at radius 3 is 2.24 bits per heavy atom. The minimum absolute atomic E-state index is 0.0641. The van der Waals surface area contributed by atoms with E-state index in [0.717, 1.165) is 15.4 Å². The van der Waals surface area contributed by atoms with Crippen molar-refractivity contribution in [3.63, 3.8) is 0 Å². The third-order valence-corrected chi connectivity index (χ3v) is 7.00. The maximum atomic E-state index is 13.6. The Balaban J connectivity index is 1.97. The number of amides is 1. The lowest BCUT2D eigenvalue weighted by atomic mass is 10.1. The summed E-state index contributed by atoms with van der Waals surface area (Å²) in [6, 6.07) is 20.3. The standard InChI is InChI=1S/C25H28N2O5S/c1-18-10-12-20(13-11-18)19(2)26-25(28)17-27(33(29,30)22-8-6-5-7-9-22)23-16-21(31-3)14-15-24(23)32-4/h5-16,19H,17H2,1-4H3,(H,26,28)/t19-/m1/s1. The monoisotopic (exact) mass is 468 g/mol. The van der Waals surface area contributed by atoms with Gasteiger partial charge in [-0.1, -0.05) is 48.0 Å². The van der Waals surface area contributed by atoms with Crippen molar-refractivity contribution in [1.29, 1.82) is 0 Å². The lowest BCUT2D eigenvalue weighted by Crippen LogP contribution is -2.41. The summed E-state index contributed by atoms with van der Waals surface area (Å²) in [5, 5.41) is 2.89. The van der Waals surface area contributed by atoms with Crippen LogP contribution in [-0.4, -0.2) is 35.1 Å². The Bertz CT molecular complexity index is 1200. The van der Waals surface area contributed by atoms with Crippen LogP contribution >= 0.6 is 0 Å². The van der Waals surface area contributed by atoms with Crippen molar-refractivity contribution in [2.45, 2.75) is 24.8 Å². The lowest BCUT2D eigenvalue weighted by molar-refractivity contribution is -0.120. The molecular weight excluding hydrogens is 440 g/mol. The molecule has 7 nitrogen and oxygen atoms in total. The fourth-order valence-electron chi connectivity index (χ4n) is 3.37. The molecule has 0 saturated heterocycles. The highest BCUT2D eigenvalue weighted by molar-refractivity contribution is 7.92. The highest BCUT2D eigenvalue weighted by Gasteiger charge is 2.30. The summed E-state index contributed by atoms with van der Waals surface area (Å²) in [5.41, 5.74) is 2.24. The summed E-state index contributed by atoms with van der Waals surface area (Å²) >= 11 is 0. The van der Waals surface area contributed by atoms with Crippen molar-refractivity contribution >= 4 is 21.6 Å². The largest absolute Gasteiger partial charge is 0.497 e. The van der Waals surface area contributed by atoms with Gasteiger partial charge < -0.3 is 14.8 Å². The average Bonchev–Trinajstić information content (AvgIpc) is 2.83. The van der Waals surface area contributed by atoms with Gasteiger partial charge in [0.05, 0.1) is 30.8 Å². The maximum absolute atomic E-state index is 13.6. The number of nitrogens with one attached hydrogen (secondary N) is 1. The third-order valence-electron chi connectivity index (χ3n) is 5.23. The van der Waals surface area contributed by atoms with Crippen LogP contribution in [0.25, 0.3) is 0 Å². The topological polar surface area (TPSA) is 84.9 Å². The van der Waals surface area contributed by atoms with Gasteiger partial charge in [-0.25, -0.2) is 8.42 Å². The second-order valence-electron chi connectivity index (χ2n) is 7.56. The number of ether oxygens (including phenoxy) is 2. The van der Waals surface area contributed by atoms with E-state index in [9.17, 15) is 13.2 Å². The second-order valence-corrected chi connectivity index (χ2v) is 9.42. The molecule has 0 spiro atoms. The Kier molecular flexibility index (Phi) is 7.60. The second kappa shape index (κ2) is 10.4. The first-order chi connectivity index (χ1) is 15.8. The van der Waals surface area contributed by atoms with Crippen LogP contribution in [0.3, 0.4) is 0 Å². The van der Waals surface area contributed by atoms with Crippen LogP contribution in [0.15, 0.2) is 77.7 Å². The number of anilines is 1. The van der Waals surface area contributed by atoms with Crippen molar-refractivity contribution in [3.8, 4) is 11.5 Å². The van der Waals surface area contributed by atoms with Gasteiger partial charge in [0, 0.05) is 6.07 Å². The molecule has 0 unspecified atom stereocenters. The van der Waals surface area contributed by atoms with Crippen LogP contribution in [0, 0.1) is 6.92 Å². The first-order valence-electron chi connectivity index (χ1n) is 10.4. The van der Waals surface area contributed by atoms with E-state index in [1.165, 1.54) is 32.4 Å². The van der Waals surface area contributed by atoms with Gasteiger partial charge in [-0.3, -0.25) is 9.10 Å². The highest BCUT2D eigenvalue weighted by atomic mass is 32.2. The molecule has 33 heavy (non-hydrogen) atoms. The predicted octanol–water partition coefficient (Wildman–Crippen LogP) is 4.08. The number of nitrogens with zero attached hydrogens (tertiary/aromatic N) is 1. The molecule has 0 bridgehead atoms. The number of carbonyl (C=O) groups excluding carboxylic acids is 1. The van der Waals surface area contributed by atoms with Gasteiger partial charge in [-0.2, -0.15) is 0 Å². The minimum atomic E-state index is -4.08. The molecule has 0 aliphatic carbocycles. The van der Waals surface area contributed by atoms with Crippen LogP contribution in [0.1, 0.15) is 24.1 Å². The van der Waals surface area contributed by atoms with E-state index in [1.54, 1.807) is 30.3 Å². The van der Waals surface area contributed by atoms with E-state index in [1.807, 2.05) is 38.1 Å². The number of rotatable bonds is 9. The molecular formula is C25H28N2O5S. The SMILES string of the molecule is COc1ccc(OC)c(N(CC(=O)N[C@H](C)c2ccc(C)cc2)S(=O)(=O)c2ccccc2)c1. The number of methoxy groups -OCH3 is 2. The molecule has 0 aliphatic rings. The van der Waals surface area contributed by atoms with Gasteiger partial charge >= 0.3 is 0 Å². The van der Waals surface area contributed by atoms with Crippen molar-refractivity contribution in [2.24, 2.45) is 0 Å². The molecule has 0 fully saturated rings. The Morgan fingerprint density at radius 2 is 1.64 bits per heavy atom. The molecule has 3 aromatic rings. The molecule has 0 aromatic heterocycles. The van der Waals surface area contributed by atoms with E-state index in [-0.39, 0.29) is 16.6 Å². The molecule has 3 aromatic carbocycles. The summed E-state index contributed by atoms with van der Waals surface area (Å²) in [6.45, 7) is 3.41. The van der Waals surface area contributed by atoms with Crippen LogP contribution in [0.2, 0.25) is 0 Å². The summed E-state index contributed by atoms with van der Waals surface area (Å²) in [4.78, 5) is 13.1. The van der Waals surface area contributed by atoms with Gasteiger partial charge in [0.25, 0.3) is 10.0 Å². The zero-order valence-corrected chi connectivity index (χ0v) is 19.9. The first kappa shape index (κ1) is 24.1. The van der Waals surface area contributed by atoms with Crippen LogP contribution in [0.5, 0.6) is 11.5 Å². The molecule has 1 N–H and O–H groups in total. The number of aryl methyl sites for hydroxylation is 1. The van der Waals surface area contributed by atoms with E-state index >= 15 is 0 Å². The van der Waals surface area contributed by atoms with Gasteiger partial charge in [0.15, 0.2) is 0 Å². The molecule has 0 heterocycles. The molecule has 8 heteroatoms. The van der Waals surface area contributed by atoms with Gasteiger partial charge in [-0.15, -0.1) is 0 Å². The fraction of sp³-hybridized carbons (Fsp3) is 0.240. The molecule has 0 radical (unpaired) electrons. The highest BCUT2D eigenvalue weighted by Crippen LogP contribution is 2.35. The number of hydrogen-bond donors (Lipinski definition) is 1. The molecule has 174 valence electrons. The van der Waals surface area contributed by atoms with E-state index < -0.39 is 22.5 Å². The third kappa shape index (κ3) is 5.64. The number of carbonyl (C=O) groups is 1. The Hall–Kier alpha value is -3.52. The quantitative estimate of drug-likeness (QED) is 0.511. The van der Waals surface area contributed by atoms with Gasteiger partial charge in [-0.05, 0) is 43.7 Å². The summed E-state index contributed by atoms with van der Waals surface area (Å²) in [7, 11) is -1.15. The smallest absolute Gasteiger partial charge is 0.264 e. The Morgan fingerprint density at radius 1 is 0.970 bits per heavy atom. The normalized spacial score (nSPS) is 12.0. The predicted molar refractivity (Wildman–Crippen MR) is 128 cm³/mol. The first-order valence-corrected chi connectivity index (χ1v) is 11.9. The van der Waals surface area contributed by atoms with Crippen LogP contribution in [-0.2, 0) is 14.8 Å². The molecule has 0 aliphatic heterocycles. The van der Waals surface area contributed by atoms with Crippen LogP contribution in [0.4, 0.5) is 5.69 Å². The summed E-state index contributed by atoms with van der Waals surface area (Å²) < 4.78 is 38.9. The van der Waals surface area contributed by atoms with Crippen molar-refractivity contribution in [1.82, 2.24) is 5.32 Å². The molecule has 3 rings (SSSR count). The zero-order valence-electron chi connectivity index (χ0n) is 19.1. The average molecular weight is 469 g/mol. The van der Waals surface area contributed by atoms with Crippen molar-refractivity contribution in [3.05, 3.63) is 83.9 Å². The van der Waals surface area contributed by atoms with Gasteiger partial charge in [0.1, 0.15) is 18.0 Å².